The number of carbonyl (C=O) groups is 2. The molecule has 260 valence electrons. The number of sulfonamides is 1. The highest BCUT2D eigenvalue weighted by Gasteiger charge is 2.36. The third-order valence-corrected chi connectivity index (χ3v) is 9.92. The van der Waals surface area contributed by atoms with Crippen LogP contribution in [0.1, 0.15) is 18.1 Å². The Labute approximate surface area is 292 Å². The number of hydrogen-bond donors (Lipinski definition) is 1. The minimum atomic E-state index is -4.51. The summed E-state index contributed by atoms with van der Waals surface area (Å²) in [5.74, 6) is -0.0829. The standard InChI is InChI=1S/C36H40ClN3O8S/c1-6-38-36(42)31(20-25-12-8-7-9-13-25)39(23-26-14-10-11-15-29(26)37)35(41)24-40(30-21-27(45-2)16-18-32(30)46-3)49(43,44)28-17-19-33(47-4)34(22-28)48-5/h7-19,21-22,31H,6,20,23-24H2,1-5H3,(H,38,42)/t31-/m1/s1. The number of hydrogen-bond acceptors (Lipinski definition) is 8. The fourth-order valence-corrected chi connectivity index (χ4v) is 6.89. The summed E-state index contributed by atoms with van der Waals surface area (Å²) < 4.78 is 51.8. The quantitative estimate of drug-likeness (QED) is 0.165. The molecule has 0 radical (unpaired) electrons. The van der Waals surface area contributed by atoms with Crippen molar-refractivity contribution < 1.29 is 37.0 Å². The van der Waals surface area contributed by atoms with Crippen LogP contribution in [-0.4, -0.2) is 72.7 Å². The Morgan fingerprint density at radius 1 is 0.796 bits per heavy atom. The lowest BCUT2D eigenvalue weighted by Crippen LogP contribution is -2.53. The van der Waals surface area contributed by atoms with Gasteiger partial charge in [-0.3, -0.25) is 13.9 Å². The van der Waals surface area contributed by atoms with Crippen LogP contribution in [0.25, 0.3) is 0 Å². The number of likely N-dealkylation sites (N-methyl/N-ethyl adjacent to an activating group) is 1. The van der Waals surface area contributed by atoms with E-state index in [0.29, 0.717) is 28.6 Å². The molecule has 4 aromatic carbocycles. The number of nitrogens with one attached hydrogen (secondary N) is 1. The molecule has 0 saturated heterocycles. The molecule has 1 N–H and O–H groups in total. The molecule has 0 aliphatic heterocycles. The normalized spacial score (nSPS) is 11.6. The molecule has 11 nitrogen and oxygen atoms in total. The van der Waals surface area contributed by atoms with Crippen molar-refractivity contribution in [3.63, 3.8) is 0 Å². The summed E-state index contributed by atoms with van der Waals surface area (Å²) in [5.41, 5.74) is 1.42. The molecule has 4 rings (SSSR count). The van der Waals surface area contributed by atoms with E-state index in [1.54, 1.807) is 43.3 Å². The summed E-state index contributed by atoms with van der Waals surface area (Å²) in [7, 11) is 1.15. The molecule has 1 atom stereocenters. The van der Waals surface area contributed by atoms with Crippen LogP contribution in [0.15, 0.2) is 95.9 Å². The van der Waals surface area contributed by atoms with Crippen LogP contribution in [0.4, 0.5) is 5.69 Å². The third-order valence-electron chi connectivity index (χ3n) is 7.80. The van der Waals surface area contributed by atoms with E-state index in [1.165, 1.54) is 57.6 Å². The number of rotatable bonds is 16. The fraction of sp³-hybridized carbons (Fsp3) is 0.278. The molecule has 2 amide bonds. The van der Waals surface area contributed by atoms with Crippen molar-refractivity contribution in [2.24, 2.45) is 0 Å². The fourth-order valence-electron chi connectivity index (χ4n) is 5.27. The summed E-state index contributed by atoms with van der Waals surface area (Å²) in [5, 5.41) is 3.23. The molecule has 0 heterocycles. The predicted octanol–water partition coefficient (Wildman–Crippen LogP) is 5.35. The molecule has 0 aliphatic carbocycles. The van der Waals surface area contributed by atoms with Crippen LogP contribution in [0, 0.1) is 0 Å². The molecule has 0 bridgehead atoms. The highest BCUT2D eigenvalue weighted by atomic mass is 35.5. The van der Waals surface area contributed by atoms with Crippen molar-refractivity contribution in [3.8, 4) is 23.0 Å². The van der Waals surface area contributed by atoms with E-state index in [0.717, 1.165) is 9.87 Å². The summed E-state index contributed by atoms with van der Waals surface area (Å²) >= 11 is 6.56. The molecular formula is C36H40ClN3O8S. The number of anilines is 1. The second kappa shape index (κ2) is 16.9. The lowest BCUT2D eigenvalue weighted by molar-refractivity contribution is -0.140. The second-order valence-electron chi connectivity index (χ2n) is 10.8. The Balaban J connectivity index is 1.90. The summed E-state index contributed by atoms with van der Waals surface area (Å²) in [6.45, 7) is 1.31. The van der Waals surface area contributed by atoms with Crippen molar-refractivity contribution in [2.75, 3.05) is 45.8 Å². The van der Waals surface area contributed by atoms with E-state index in [-0.39, 0.29) is 35.0 Å². The van der Waals surface area contributed by atoms with Gasteiger partial charge in [-0.05, 0) is 48.4 Å². The Hall–Kier alpha value is -4.94. The van der Waals surface area contributed by atoms with Crippen molar-refractivity contribution in [1.29, 1.82) is 0 Å². The van der Waals surface area contributed by atoms with Gasteiger partial charge in [-0.15, -0.1) is 0 Å². The minimum absolute atomic E-state index is 0.0419. The van der Waals surface area contributed by atoms with E-state index in [2.05, 4.69) is 5.32 Å². The van der Waals surface area contributed by atoms with Gasteiger partial charge in [0.25, 0.3) is 10.0 Å². The lowest BCUT2D eigenvalue weighted by atomic mass is 10.0. The number of ether oxygens (including phenoxy) is 4. The van der Waals surface area contributed by atoms with Gasteiger partial charge in [0, 0.05) is 36.7 Å². The molecule has 4 aromatic rings. The van der Waals surface area contributed by atoms with E-state index in [1.807, 2.05) is 30.3 Å². The van der Waals surface area contributed by atoms with Crippen molar-refractivity contribution in [1.82, 2.24) is 10.2 Å². The number of amides is 2. The number of methoxy groups -OCH3 is 4. The Morgan fingerprint density at radius 3 is 2.08 bits per heavy atom. The van der Waals surface area contributed by atoms with Gasteiger partial charge in [-0.2, -0.15) is 0 Å². The molecule has 0 aliphatic rings. The van der Waals surface area contributed by atoms with Crippen LogP contribution >= 0.6 is 11.6 Å². The molecular weight excluding hydrogens is 670 g/mol. The first-order valence-corrected chi connectivity index (χ1v) is 17.2. The largest absolute Gasteiger partial charge is 0.497 e. The molecule has 13 heteroatoms. The van der Waals surface area contributed by atoms with Gasteiger partial charge in [0.1, 0.15) is 24.1 Å². The van der Waals surface area contributed by atoms with Gasteiger partial charge < -0.3 is 29.2 Å². The maximum absolute atomic E-state index is 14.7. The third kappa shape index (κ3) is 8.76. The monoisotopic (exact) mass is 709 g/mol. The number of carbonyl (C=O) groups excluding carboxylic acids is 2. The maximum atomic E-state index is 14.7. The Morgan fingerprint density at radius 2 is 1.45 bits per heavy atom. The molecule has 0 aromatic heterocycles. The van der Waals surface area contributed by atoms with Crippen molar-refractivity contribution in [2.45, 2.75) is 30.8 Å². The first kappa shape index (κ1) is 36.9. The topological polar surface area (TPSA) is 124 Å². The van der Waals surface area contributed by atoms with Gasteiger partial charge in [-0.1, -0.05) is 60.1 Å². The molecule has 0 unspecified atom stereocenters. The zero-order valence-electron chi connectivity index (χ0n) is 28.0. The average molecular weight is 710 g/mol. The van der Waals surface area contributed by atoms with Gasteiger partial charge in [0.15, 0.2) is 11.5 Å². The number of benzene rings is 4. The van der Waals surface area contributed by atoms with Gasteiger partial charge in [-0.25, -0.2) is 8.42 Å². The van der Waals surface area contributed by atoms with Gasteiger partial charge in [0.05, 0.1) is 39.0 Å². The first-order chi connectivity index (χ1) is 23.6. The SMILES string of the molecule is CCNC(=O)[C@@H](Cc1ccccc1)N(Cc1ccccc1Cl)C(=O)CN(c1cc(OC)ccc1OC)S(=O)(=O)c1ccc(OC)c(OC)c1. The van der Waals surface area contributed by atoms with Crippen molar-refractivity contribution >= 4 is 39.1 Å². The van der Waals surface area contributed by atoms with Crippen LogP contribution in [-0.2, 0) is 32.6 Å². The lowest BCUT2D eigenvalue weighted by Gasteiger charge is -2.34. The molecule has 0 saturated carbocycles. The Kier molecular flexibility index (Phi) is 12.8. The van der Waals surface area contributed by atoms with E-state index < -0.39 is 34.4 Å². The Bertz CT molecular complexity index is 1860. The molecule has 0 spiro atoms. The van der Waals surface area contributed by atoms with Crippen molar-refractivity contribution in [3.05, 3.63) is 107 Å². The smallest absolute Gasteiger partial charge is 0.265 e. The highest BCUT2D eigenvalue weighted by Crippen LogP contribution is 2.38. The summed E-state index contributed by atoms with van der Waals surface area (Å²) in [6, 6.07) is 24.0. The summed E-state index contributed by atoms with van der Waals surface area (Å²) in [6.07, 6.45) is 0.160. The van der Waals surface area contributed by atoms with Crippen LogP contribution in [0.5, 0.6) is 23.0 Å². The van der Waals surface area contributed by atoms with Crippen LogP contribution in [0.2, 0.25) is 5.02 Å². The maximum Gasteiger partial charge on any atom is 0.265 e. The van der Waals surface area contributed by atoms with Gasteiger partial charge in [0.2, 0.25) is 11.8 Å². The first-order valence-electron chi connectivity index (χ1n) is 15.4. The summed E-state index contributed by atoms with van der Waals surface area (Å²) in [4.78, 5) is 29.6. The number of nitrogens with zero attached hydrogens (tertiary/aromatic N) is 2. The zero-order chi connectivity index (χ0) is 35.6. The average Bonchev–Trinajstić information content (AvgIpc) is 3.12. The second-order valence-corrected chi connectivity index (χ2v) is 13.0. The van der Waals surface area contributed by atoms with Gasteiger partial charge >= 0.3 is 0 Å². The molecule has 0 fully saturated rings. The molecule has 49 heavy (non-hydrogen) atoms. The van der Waals surface area contributed by atoms with Crippen LogP contribution in [0.3, 0.4) is 0 Å². The number of halogens is 1. The minimum Gasteiger partial charge on any atom is -0.497 e. The highest BCUT2D eigenvalue weighted by molar-refractivity contribution is 7.92. The predicted molar refractivity (Wildman–Crippen MR) is 188 cm³/mol. The van der Waals surface area contributed by atoms with E-state index in [9.17, 15) is 18.0 Å². The zero-order valence-corrected chi connectivity index (χ0v) is 29.6. The van der Waals surface area contributed by atoms with E-state index >= 15 is 0 Å². The van der Waals surface area contributed by atoms with Crippen LogP contribution < -0.4 is 28.6 Å². The van der Waals surface area contributed by atoms with E-state index in [4.69, 9.17) is 30.5 Å².